The van der Waals surface area contributed by atoms with Crippen molar-refractivity contribution in [2.24, 2.45) is 5.73 Å². The summed E-state index contributed by atoms with van der Waals surface area (Å²) in [5, 5.41) is 0. The summed E-state index contributed by atoms with van der Waals surface area (Å²) in [4.78, 5) is 34.8. The molecule has 0 aliphatic heterocycles. The van der Waals surface area contributed by atoms with Crippen molar-refractivity contribution >= 4 is 19.8 Å². The molecule has 0 aromatic heterocycles. The molecule has 0 aromatic carbocycles. The number of allylic oxidation sites excluding steroid dienone is 10. The Morgan fingerprint density at radius 1 is 0.585 bits per heavy atom. The molecule has 9 nitrogen and oxygen atoms in total. The number of phosphoric acid groups is 1. The number of phosphoric ester groups is 1. The normalized spacial score (nSPS) is 14.0. The lowest BCUT2D eigenvalue weighted by atomic mass is 10.1. The number of rotatable bonds is 38. The van der Waals surface area contributed by atoms with Crippen molar-refractivity contribution in [3.05, 3.63) is 60.8 Å². The first-order valence-corrected chi connectivity index (χ1v) is 22.3. The summed E-state index contributed by atoms with van der Waals surface area (Å²) in [5.74, 6) is -0.876. The quantitative estimate of drug-likeness (QED) is 0.0207. The number of ether oxygens (including phenoxy) is 2. The molecular weight excluding hydrogens is 689 g/mol. The zero-order valence-electron chi connectivity index (χ0n) is 33.5. The van der Waals surface area contributed by atoms with E-state index in [-0.39, 0.29) is 32.6 Å². The smallest absolute Gasteiger partial charge is 0.462 e. The minimum absolute atomic E-state index is 0.0447. The fourth-order valence-corrected chi connectivity index (χ4v) is 6.04. The lowest BCUT2D eigenvalue weighted by molar-refractivity contribution is -0.161. The molecule has 0 saturated heterocycles. The average molecular weight is 766 g/mol. The summed E-state index contributed by atoms with van der Waals surface area (Å²) >= 11 is 0. The summed E-state index contributed by atoms with van der Waals surface area (Å²) < 4.78 is 32.7. The predicted octanol–water partition coefficient (Wildman–Crippen LogP) is 11.7. The summed E-state index contributed by atoms with van der Waals surface area (Å²) in [7, 11) is -4.39. The highest BCUT2D eigenvalue weighted by atomic mass is 31.2. The van der Waals surface area contributed by atoms with E-state index in [0.717, 1.165) is 77.0 Å². The second-order valence-electron chi connectivity index (χ2n) is 13.5. The third-order valence-electron chi connectivity index (χ3n) is 8.40. The van der Waals surface area contributed by atoms with E-state index in [9.17, 15) is 19.0 Å². The van der Waals surface area contributed by atoms with Crippen LogP contribution in [0.2, 0.25) is 0 Å². The van der Waals surface area contributed by atoms with E-state index >= 15 is 0 Å². The first kappa shape index (κ1) is 50.7. The zero-order chi connectivity index (χ0) is 38.9. The van der Waals surface area contributed by atoms with Crippen LogP contribution in [0.25, 0.3) is 0 Å². The molecule has 0 heterocycles. The number of carbonyl (C=O) groups excluding carboxylic acids is 2. The van der Waals surface area contributed by atoms with Crippen LogP contribution in [0.4, 0.5) is 0 Å². The minimum Gasteiger partial charge on any atom is -0.462 e. The number of nitrogens with two attached hydrogens (primary N) is 1. The number of hydrogen-bond acceptors (Lipinski definition) is 8. The number of carbonyl (C=O) groups is 2. The van der Waals surface area contributed by atoms with Gasteiger partial charge in [-0.25, -0.2) is 4.57 Å². The maximum absolute atomic E-state index is 12.6. The standard InChI is InChI=1S/C43H76NO8P/c1-3-5-7-9-11-13-15-17-19-20-22-23-25-27-29-31-33-35-42(45)49-39-41(40-51-53(47,48)50-38-37-44)52-43(46)36-34-32-30-28-26-24-21-18-16-14-12-10-8-6-4-2/h11,13-14,16-19,21-23,41H,3-10,12,15,20,24-40,44H2,1-2H3,(H,47,48)/b13-11+,16-14+,19-17+,21-18+,23-22+/t41-/m1/s1. The van der Waals surface area contributed by atoms with Gasteiger partial charge in [-0.05, 0) is 77.0 Å². The van der Waals surface area contributed by atoms with Crippen LogP contribution >= 0.6 is 7.82 Å². The third kappa shape index (κ3) is 39.2. The molecule has 3 N–H and O–H groups in total. The van der Waals surface area contributed by atoms with Crippen molar-refractivity contribution in [2.75, 3.05) is 26.4 Å². The fraction of sp³-hybridized carbons (Fsp3) is 0.721. The van der Waals surface area contributed by atoms with Gasteiger partial charge in [0, 0.05) is 19.4 Å². The van der Waals surface area contributed by atoms with Gasteiger partial charge < -0.3 is 20.1 Å². The molecule has 0 saturated carbocycles. The fourth-order valence-electron chi connectivity index (χ4n) is 5.28. The predicted molar refractivity (Wildman–Crippen MR) is 219 cm³/mol. The van der Waals surface area contributed by atoms with Gasteiger partial charge in [0.25, 0.3) is 0 Å². The maximum atomic E-state index is 12.6. The lowest BCUT2D eigenvalue weighted by Gasteiger charge is -2.19. The molecule has 0 amide bonds. The Hall–Kier alpha value is -2.29. The maximum Gasteiger partial charge on any atom is 0.472 e. The van der Waals surface area contributed by atoms with E-state index < -0.39 is 32.5 Å². The van der Waals surface area contributed by atoms with Gasteiger partial charge in [0.15, 0.2) is 6.10 Å². The van der Waals surface area contributed by atoms with Crippen molar-refractivity contribution in [1.29, 1.82) is 0 Å². The summed E-state index contributed by atoms with van der Waals surface area (Å²) in [5.41, 5.74) is 5.34. The first-order valence-electron chi connectivity index (χ1n) is 20.8. The van der Waals surface area contributed by atoms with Crippen LogP contribution in [-0.2, 0) is 32.7 Å². The molecule has 0 spiro atoms. The monoisotopic (exact) mass is 766 g/mol. The zero-order valence-corrected chi connectivity index (χ0v) is 34.4. The summed E-state index contributed by atoms with van der Waals surface area (Å²) in [6, 6.07) is 0. The van der Waals surface area contributed by atoms with Crippen LogP contribution in [0.5, 0.6) is 0 Å². The van der Waals surface area contributed by atoms with Crippen LogP contribution in [0, 0.1) is 0 Å². The van der Waals surface area contributed by atoms with Crippen LogP contribution in [0.15, 0.2) is 60.8 Å². The van der Waals surface area contributed by atoms with Gasteiger partial charge in [-0.2, -0.15) is 0 Å². The Kier molecular flexibility index (Phi) is 37.7. The first-order chi connectivity index (χ1) is 25.8. The largest absolute Gasteiger partial charge is 0.472 e. The highest BCUT2D eigenvalue weighted by molar-refractivity contribution is 7.47. The van der Waals surface area contributed by atoms with E-state index in [1.807, 2.05) is 0 Å². The summed E-state index contributed by atoms with van der Waals surface area (Å²) in [6.45, 7) is 3.62. The van der Waals surface area contributed by atoms with Crippen molar-refractivity contribution in [3.8, 4) is 0 Å². The van der Waals surface area contributed by atoms with Gasteiger partial charge in [-0.3, -0.25) is 18.6 Å². The summed E-state index contributed by atoms with van der Waals surface area (Å²) in [6.07, 6.45) is 45.3. The topological polar surface area (TPSA) is 134 Å². The molecule has 2 atom stereocenters. The third-order valence-corrected chi connectivity index (χ3v) is 9.39. The Bertz CT molecular complexity index is 1050. The molecule has 53 heavy (non-hydrogen) atoms. The molecule has 0 fully saturated rings. The Morgan fingerprint density at radius 2 is 1.04 bits per heavy atom. The van der Waals surface area contributed by atoms with E-state index in [2.05, 4.69) is 74.6 Å². The minimum atomic E-state index is -4.39. The van der Waals surface area contributed by atoms with Crippen molar-refractivity contribution in [3.63, 3.8) is 0 Å². The van der Waals surface area contributed by atoms with Gasteiger partial charge >= 0.3 is 19.8 Å². The van der Waals surface area contributed by atoms with E-state index in [1.165, 1.54) is 51.4 Å². The number of hydrogen-bond donors (Lipinski definition) is 2. The van der Waals surface area contributed by atoms with Crippen LogP contribution in [0.1, 0.15) is 168 Å². The van der Waals surface area contributed by atoms with Gasteiger partial charge in [-0.15, -0.1) is 0 Å². The number of unbranched alkanes of at least 4 members (excludes halogenated alkanes) is 16. The molecular formula is C43H76NO8P. The van der Waals surface area contributed by atoms with Crippen LogP contribution in [-0.4, -0.2) is 49.3 Å². The van der Waals surface area contributed by atoms with Crippen molar-refractivity contribution < 1.29 is 37.6 Å². The molecule has 0 aliphatic carbocycles. The molecule has 0 aromatic rings. The second kappa shape index (κ2) is 39.4. The molecule has 1 unspecified atom stereocenters. The Labute approximate surface area is 323 Å². The lowest BCUT2D eigenvalue weighted by Crippen LogP contribution is -2.29. The van der Waals surface area contributed by atoms with E-state index in [4.69, 9.17) is 24.3 Å². The molecule has 306 valence electrons. The molecule has 0 aliphatic rings. The average Bonchev–Trinajstić information content (AvgIpc) is 3.14. The van der Waals surface area contributed by atoms with Gasteiger partial charge in [0.05, 0.1) is 13.2 Å². The van der Waals surface area contributed by atoms with Gasteiger partial charge in [-0.1, -0.05) is 139 Å². The van der Waals surface area contributed by atoms with Gasteiger partial charge in [0.2, 0.25) is 0 Å². The van der Waals surface area contributed by atoms with Crippen molar-refractivity contribution in [2.45, 2.75) is 174 Å². The Morgan fingerprint density at radius 3 is 1.60 bits per heavy atom. The van der Waals surface area contributed by atoms with Crippen LogP contribution in [0.3, 0.4) is 0 Å². The number of esters is 2. The van der Waals surface area contributed by atoms with Gasteiger partial charge in [0.1, 0.15) is 6.61 Å². The molecule has 0 radical (unpaired) electrons. The highest BCUT2D eigenvalue weighted by Gasteiger charge is 2.25. The molecule has 0 bridgehead atoms. The van der Waals surface area contributed by atoms with E-state index in [0.29, 0.717) is 12.8 Å². The molecule has 0 rings (SSSR count). The van der Waals surface area contributed by atoms with E-state index in [1.54, 1.807) is 0 Å². The molecule has 10 heteroatoms. The van der Waals surface area contributed by atoms with Crippen LogP contribution < -0.4 is 5.73 Å². The highest BCUT2D eigenvalue weighted by Crippen LogP contribution is 2.43. The van der Waals surface area contributed by atoms with Crippen molar-refractivity contribution in [1.82, 2.24) is 0 Å². The SMILES string of the molecule is CCCCC/C=C/C/C=C/C/C=C/CCCCCCC(=O)OC[C@H](COP(=O)(O)OCCN)OC(=O)CCCCCCC/C=C/C=C/CCCCCC. The second-order valence-corrected chi connectivity index (χ2v) is 15.0. The Balaban J connectivity index is 4.26.